The second-order valence-electron chi connectivity index (χ2n) is 4.55. The zero-order valence-electron chi connectivity index (χ0n) is 12.7. The van der Waals surface area contributed by atoms with Crippen molar-refractivity contribution in [3.8, 4) is 12.3 Å². The van der Waals surface area contributed by atoms with Gasteiger partial charge in [-0.05, 0) is 11.1 Å². The topological polar surface area (TPSA) is 116 Å². The van der Waals surface area contributed by atoms with Gasteiger partial charge in [0.1, 0.15) is 12.6 Å². The molecule has 0 heterocycles. The van der Waals surface area contributed by atoms with Gasteiger partial charge in [-0.25, -0.2) is 0 Å². The third kappa shape index (κ3) is 7.00. The van der Waals surface area contributed by atoms with E-state index in [9.17, 15) is 9.59 Å². The van der Waals surface area contributed by atoms with Gasteiger partial charge in [-0.15, -0.1) is 6.42 Å². The Kier molecular flexibility index (Phi) is 7.72. The summed E-state index contributed by atoms with van der Waals surface area (Å²) in [6.07, 6.45) is 5.07. The summed E-state index contributed by atoms with van der Waals surface area (Å²) in [5.74, 6) is 1.57. The molecule has 1 aromatic rings. The largest absolute Gasteiger partial charge is 0.366 e. The molecular weight excluding hydrogens is 298 g/mol. The van der Waals surface area contributed by atoms with Gasteiger partial charge < -0.3 is 15.4 Å². The van der Waals surface area contributed by atoms with Crippen molar-refractivity contribution in [2.24, 2.45) is 5.11 Å². The smallest absolute Gasteiger partial charge is 0.245 e. The number of carbonyl (C=O) groups is 2. The molecule has 0 unspecified atom stereocenters. The van der Waals surface area contributed by atoms with E-state index in [2.05, 4.69) is 26.6 Å². The molecule has 2 amide bonds. The molecular formula is C15H17N5O3. The normalized spacial score (nSPS) is 10.8. The van der Waals surface area contributed by atoms with E-state index < -0.39 is 6.04 Å². The zero-order valence-corrected chi connectivity index (χ0v) is 12.7. The lowest BCUT2D eigenvalue weighted by Gasteiger charge is -2.17. The summed E-state index contributed by atoms with van der Waals surface area (Å²) in [6, 6.07) is 5.92. The number of carbonyl (C=O) groups excluding carboxylic acids is 2. The number of rotatable bonds is 8. The van der Waals surface area contributed by atoms with E-state index in [0.29, 0.717) is 5.69 Å². The molecule has 0 saturated carbocycles. The molecule has 0 bridgehead atoms. The molecule has 0 aromatic heterocycles. The summed E-state index contributed by atoms with van der Waals surface area (Å²) in [4.78, 5) is 25.9. The maximum atomic E-state index is 12.1. The van der Waals surface area contributed by atoms with Gasteiger partial charge in [0.05, 0.1) is 6.61 Å². The van der Waals surface area contributed by atoms with Crippen molar-refractivity contribution >= 4 is 17.5 Å². The van der Waals surface area contributed by atoms with Crippen LogP contribution in [0.3, 0.4) is 0 Å². The zero-order chi connectivity index (χ0) is 17.1. The van der Waals surface area contributed by atoms with E-state index in [1.165, 1.54) is 6.92 Å². The Hall–Kier alpha value is -3.01. The lowest BCUT2D eigenvalue weighted by molar-refractivity contribution is -0.129. The van der Waals surface area contributed by atoms with Crippen LogP contribution in [0, 0.1) is 12.3 Å². The number of nitrogens with one attached hydrogen (secondary N) is 2. The van der Waals surface area contributed by atoms with Crippen molar-refractivity contribution in [1.82, 2.24) is 10.6 Å². The molecule has 2 N–H and O–H groups in total. The van der Waals surface area contributed by atoms with Crippen molar-refractivity contribution in [3.05, 3.63) is 40.3 Å². The fourth-order valence-electron chi connectivity index (χ4n) is 1.71. The van der Waals surface area contributed by atoms with E-state index in [0.717, 1.165) is 5.56 Å². The first-order valence-corrected chi connectivity index (χ1v) is 6.77. The van der Waals surface area contributed by atoms with E-state index in [4.69, 9.17) is 16.7 Å². The summed E-state index contributed by atoms with van der Waals surface area (Å²) >= 11 is 0. The Morgan fingerprint density at radius 3 is 2.70 bits per heavy atom. The number of hydrogen-bond acceptors (Lipinski definition) is 4. The minimum Gasteiger partial charge on any atom is -0.366 e. The van der Waals surface area contributed by atoms with E-state index >= 15 is 0 Å². The predicted molar refractivity (Wildman–Crippen MR) is 84.4 cm³/mol. The Morgan fingerprint density at radius 2 is 2.13 bits per heavy atom. The van der Waals surface area contributed by atoms with Crippen molar-refractivity contribution in [2.45, 2.75) is 19.5 Å². The van der Waals surface area contributed by atoms with E-state index in [1.54, 1.807) is 24.3 Å². The summed E-state index contributed by atoms with van der Waals surface area (Å²) in [5.41, 5.74) is 9.64. The van der Waals surface area contributed by atoms with E-state index in [1.807, 2.05) is 0 Å². The molecule has 0 fully saturated rings. The van der Waals surface area contributed by atoms with Crippen molar-refractivity contribution in [2.75, 3.05) is 13.2 Å². The van der Waals surface area contributed by atoms with Crippen LogP contribution in [0.5, 0.6) is 0 Å². The van der Waals surface area contributed by atoms with Gasteiger partial charge in [0, 0.05) is 24.1 Å². The van der Waals surface area contributed by atoms with Crippen LogP contribution >= 0.6 is 0 Å². The highest BCUT2D eigenvalue weighted by atomic mass is 16.5. The number of terminal acetylenes is 1. The van der Waals surface area contributed by atoms with Gasteiger partial charge in [0.15, 0.2) is 0 Å². The highest BCUT2D eigenvalue weighted by Gasteiger charge is 2.19. The summed E-state index contributed by atoms with van der Waals surface area (Å²) < 4.78 is 5.10. The SMILES string of the molecule is C#CCOC[C@H](NC(C)=O)C(=O)NCc1ccc(N=[N+]=[N-])cc1. The second kappa shape index (κ2) is 9.84. The van der Waals surface area contributed by atoms with Crippen LogP contribution in [-0.2, 0) is 20.9 Å². The molecule has 0 aliphatic carbocycles. The van der Waals surface area contributed by atoms with Crippen LogP contribution in [-0.4, -0.2) is 31.1 Å². The lowest BCUT2D eigenvalue weighted by Crippen LogP contribution is -2.48. The third-order valence-electron chi connectivity index (χ3n) is 2.73. The van der Waals surface area contributed by atoms with E-state index in [-0.39, 0.29) is 31.6 Å². The van der Waals surface area contributed by atoms with Crippen LogP contribution in [0.1, 0.15) is 12.5 Å². The van der Waals surface area contributed by atoms with Gasteiger partial charge >= 0.3 is 0 Å². The molecule has 1 rings (SSSR count). The molecule has 1 aromatic carbocycles. The summed E-state index contributed by atoms with van der Waals surface area (Å²) in [7, 11) is 0. The molecule has 0 spiro atoms. The number of azide groups is 1. The Labute approximate surface area is 133 Å². The molecule has 8 nitrogen and oxygen atoms in total. The molecule has 23 heavy (non-hydrogen) atoms. The maximum absolute atomic E-state index is 12.1. The monoisotopic (exact) mass is 315 g/mol. The number of ether oxygens (including phenoxy) is 1. The number of amides is 2. The van der Waals surface area contributed by atoms with Crippen molar-refractivity contribution in [1.29, 1.82) is 0 Å². The molecule has 0 aliphatic heterocycles. The van der Waals surface area contributed by atoms with Gasteiger partial charge in [-0.3, -0.25) is 9.59 Å². The van der Waals surface area contributed by atoms with Crippen LogP contribution < -0.4 is 10.6 Å². The average Bonchev–Trinajstić information content (AvgIpc) is 2.53. The Balaban J connectivity index is 2.57. The fourth-order valence-corrected chi connectivity index (χ4v) is 1.71. The second-order valence-corrected chi connectivity index (χ2v) is 4.55. The fraction of sp³-hybridized carbons (Fsp3) is 0.333. The van der Waals surface area contributed by atoms with Gasteiger partial charge in [-0.1, -0.05) is 35.3 Å². The minimum absolute atomic E-state index is 0.00850. The lowest BCUT2D eigenvalue weighted by atomic mass is 10.2. The molecule has 0 aliphatic rings. The summed E-state index contributed by atoms with van der Waals surface area (Å²) in [6.45, 7) is 1.63. The van der Waals surface area contributed by atoms with Crippen LogP contribution in [0.4, 0.5) is 5.69 Å². The Morgan fingerprint density at radius 1 is 1.43 bits per heavy atom. The number of benzene rings is 1. The van der Waals surface area contributed by atoms with Crippen LogP contribution in [0.15, 0.2) is 29.4 Å². The minimum atomic E-state index is -0.816. The molecule has 120 valence electrons. The standard InChI is InChI=1S/C15H17N5O3/c1-3-8-23-10-14(18-11(2)21)15(22)17-9-12-4-6-13(7-5-12)19-20-16/h1,4-7,14H,8-10H2,2H3,(H,17,22)(H,18,21)/t14-/m0/s1. The first kappa shape index (κ1) is 18.0. The highest BCUT2D eigenvalue weighted by molar-refractivity contribution is 5.86. The molecule has 0 radical (unpaired) electrons. The third-order valence-corrected chi connectivity index (χ3v) is 2.73. The maximum Gasteiger partial charge on any atom is 0.245 e. The highest BCUT2D eigenvalue weighted by Crippen LogP contribution is 2.12. The first-order chi connectivity index (χ1) is 11.1. The quantitative estimate of drug-likeness (QED) is 0.248. The first-order valence-electron chi connectivity index (χ1n) is 6.77. The van der Waals surface area contributed by atoms with Crippen molar-refractivity contribution < 1.29 is 14.3 Å². The summed E-state index contributed by atoms with van der Waals surface area (Å²) in [5, 5.41) is 8.65. The number of hydrogen-bond donors (Lipinski definition) is 2. The molecule has 1 atom stereocenters. The Bertz CT molecular complexity index is 630. The molecule has 0 saturated heterocycles. The predicted octanol–water partition coefficient (Wildman–Crippen LogP) is 1.40. The van der Waals surface area contributed by atoms with Gasteiger partial charge in [-0.2, -0.15) is 0 Å². The average molecular weight is 315 g/mol. The van der Waals surface area contributed by atoms with Gasteiger partial charge in [0.25, 0.3) is 0 Å². The van der Waals surface area contributed by atoms with Crippen LogP contribution in [0.25, 0.3) is 10.4 Å². The van der Waals surface area contributed by atoms with Crippen molar-refractivity contribution in [3.63, 3.8) is 0 Å². The van der Waals surface area contributed by atoms with Crippen LogP contribution in [0.2, 0.25) is 0 Å². The number of nitrogens with zero attached hydrogens (tertiary/aromatic N) is 3. The molecule has 8 heteroatoms. The van der Waals surface area contributed by atoms with Gasteiger partial charge in [0.2, 0.25) is 11.8 Å².